The van der Waals surface area contributed by atoms with Gasteiger partial charge in [-0.1, -0.05) is 19.1 Å². The number of fused-ring (bicyclic) bond motifs is 1. The third-order valence-electron chi connectivity index (χ3n) is 4.49. The van der Waals surface area contributed by atoms with Crippen LogP contribution in [-0.4, -0.2) is 27.6 Å². The molecule has 0 aliphatic carbocycles. The fourth-order valence-electron chi connectivity index (χ4n) is 3.10. The van der Waals surface area contributed by atoms with E-state index in [1.54, 1.807) is 7.11 Å². The Labute approximate surface area is 166 Å². The molecule has 0 aliphatic rings. The zero-order valence-corrected chi connectivity index (χ0v) is 16.5. The van der Waals surface area contributed by atoms with Crippen molar-refractivity contribution in [3.05, 3.63) is 59.7 Å². The maximum atomic E-state index is 12.6. The number of nitrogens with one attached hydrogen (secondary N) is 1. The van der Waals surface area contributed by atoms with E-state index >= 15 is 0 Å². The molecule has 1 N–H and O–H groups in total. The summed E-state index contributed by atoms with van der Waals surface area (Å²) < 4.78 is 7.14. The SMILES string of the molecule is CCc1nc2ccccc2n1CC(=O)Nc1nc(-c2ccc(OC)cc2)cs1. The maximum absolute atomic E-state index is 12.6. The molecule has 4 aromatic rings. The molecule has 2 heterocycles. The summed E-state index contributed by atoms with van der Waals surface area (Å²) in [5, 5.41) is 5.42. The quantitative estimate of drug-likeness (QED) is 0.529. The van der Waals surface area contributed by atoms with Gasteiger partial charge in [0, 0.05) is 17.4 Å². The van der Waals surface area contributed by atoms with Crippen LogP contribution in [0.15, 0.2) is 53.9 Å². The highest BCUT2D eigenvalue weighted by Crippen LogP contribution is 2.26. The highest BCUT2D eigenvalue weighted by molar-refractivity contribution is 7.14. The Morgan fingerprint density at radius 2 is 1.93 bits per heavy atom. The average molecular weight is 392 g/mol. The van der Waals surface area contributed by atoms with Crippen LogP contribution in [0.3, 0.4) is 0 Å². The van der Waals surface area contributed by atoms with Crippen LogP contribution in [0.1, 0.15) is 12.7 Å². The molecule has 142 valence electrons. The second-order valence-electron chi connectivity index (χ2n) is 6.27. The second kappa shape index (κ2) is 7.82. The van der Waals surface area contributed by atoms with Crippen molar-refractivity contribution < 1.29 is 9.53 Å². The number of aryl methyl sites for hydroxylation is 1. The van der Waals surface area contributed by atoms with Crippen LogP contribution in [0, 0.1) is 0 Å². The van der Waals surface area contributed by atoms with Crippen molar-refractivity contribution in [3.63, 3.8) is 0 Å². The molecule has 2 aromatic heterocycles. The van der Waals surface area contributed by atoms with Gasteiger partial charge < -0.3 is 14.6 Å². The third kappa shape index (κ3) is 3.61. The van der Waals surface area contributed by atoms with Crippen LogP contribution in [0.2, 0.25) is 0 Å². The molecular formula is C21H20N4O2S. The standard InChI is InChI=1S/C21H20N4O2S/c1-3-19-22-16-6-4-5-7-18(16)25(19)12-20(26)24-21-23-17(13-28-21)14-8-10-15(27-2)11-9-14/h4-11,13H,3,12H2,1-2H3,(H,23,24,26). The Hall–Kier alpha value is -3.19. The second-order valence-corrected chi connectivity index (χ2v) is 7.13. The van der Waals surface area contributed by atoms with Crippen LogP contribution < -0.4 is 10.1 Å². The van der Waals surface area contributed by atoms with E-state index in [1.807, 2.05) is 65.4 Å². The molecule has 0 unspecified atom stereocenters. The molecule has 0 aliphatic heterocycles. The molecule has 0 fully saturated rings. The first-order valence-electron chi connectivity index (χ1n) is 9.02. The lowest BCUT2D eigenvalue weighted by Gasteiger charge is -2.07. The Balaban J connectivity index is 1.50. The summed E-state index contributed by atoms with van der Waals surface area (Å²) in [4.78, 5) is 21.8. The molecule has 1 amide bonds. The summed E-state index contributed by atoms with van der Waals surface area (Å²) in [6, 6.07) is 15.5. The number of methoxy groups -OCH3 is 1. The first kappa shape index (κ1) is 18.2. The molecule has 0 saturated heterocycles. The van der Waals surface area contributed by atoms with E-state index in [0.29, 0.717) is 5.13 Å². The Morgan fingerprint density at radius 1 is 1.14 bits per heavy atom. The summed E-state index contributed by atoms with van der Waals surface area (Å²) in [5.41, 5.74) is 3.67. The number of para-hydroxylation sites is 2. The molecule has 0 saturated carbocycles. The zero-order chi connectivity index (χ0) is 19.5. The lowest BCUT2D eigenvalue weighted by molar-refractivity contribution is -0.116. The van der Waals surface area contributed by atoms with E-state index in [0.717, 1.165) is 40.3 Å². The van der Waals surface area contributed by atoms with Crippen LogP contribution in [0.25, 0.3) is 22.3 Å². The number of carbonyl (C=O) groups excluding carboxylic acids is 1. The normalized spacial score (nSPS) is 10.9. The van der Waals surface area contributed by atoms with E-state index in [4.69, 9.17) is 4.74 Å². The van der Waals surface area contributed by atoms with Crippen LogP contribution in [0.4, 0.5) is 5.13 Å². The number of imidazole rings is 1. The third-order valence-corrected chi connectivity index (χ3v) is 5.25. The predicted octanol–water partition coefficient (Wildman–Crippen LogP) is 4.37. The molecule has 28 heavy (non-hydrogen) atoms. The zero-order valence-electron chi connectivity index (χ0n) is 15.7. The van der Waals surface area contributed by atoms with Gasteiger partial charge in [-0.15, -0.1) is 11.3 Å². The molecule has 6 nitrogen and oxygen atoms in total. The Bertz CT molecular complexity index is 1120. The highest BCUT2D eigenvalue weighted by atomic mass is 32.1. The van der Waals surface area contributed by atoms with E-state index in [2.05, 4.69) is 15.3 Å². The number of amides is 1. The van der Waals surface area contributed by atoms with Crippen molar-refractivity contribution in [2.75, 3.05) is 12.4 Å². The lowest BCUT2D eigenvalue weighted by atomic mass is 10.2. The van der Waals surface area contributed by atoms with E-state index < -0.39 is 0 Å². The Kier molecular flexibility index (Phi) is 5.08. The topological polar surface area (TPSA) is 69.0 Å². The van der Waals surface area contributed by atoms with Gasteiger partial charge in [0.05, 0.1) is 23.8 Å². The van der Waals surface area contributed by atoms with Crippen molar-refractivity contribution in [3.8, 4) is 17.0 Å². The van der Waals surface area contributed by atoms with Crippen LogP contribution in [-0.2, 0) is 17.8 Å². The molecule has 0 bridgehead atoms. The average Bonchev–Trinajstić information content (AvgIpc) is 3.33. The summed E-state index contributed by atoms with van der Waals surface area (Å²) >= 11 is 1.41. The molecule has 0 radical (unpaired) electrons. The van der Waals surface area contributed by atoms with Crippen LogP contribution >= 0.6 is 11.3 Å². The first-order chi connectivity index (χ1) is 13.7. The lowest BCUT2D eigenvalue weighted by Crippen LogP contribution is -2.20. The smallest absolute Gasteiger partial charge is 0.246 e. The number of nitrogens with zero attached hydrogens (tertiary/aromatic N) is 3. The van der Waals surface area contributed by atoms with E-state index in [9.17, 15) is 4.79 Å². The van der Waals surface area contributed by atoms with Crippen molar-refractivity contribution in [2.45, 2.75) is 19.9 Å². The largest absolute Gasteiger partial charge is 0.497 e. The predicted molar refractivity (Wildman–Crippen MR) is 112 cm³/mol. The summed E-state index contributed by atoms with van der Waals surface area (Å²) in [7, 11) is 1.64. The van der Waals surface area contributed by atoms with Gasteiger partial charge >= 0.3 is 0 Å². The van der Waals surface area contributed by atoms with Crippen molar-refractivity contribution in [1.29, 1.82) is 0 Å². The van der Waals surface area contributed by atoms with Gasteiger partial charge in [0.25, 0.3) is 0 Å². The fraction of sp³-hybridized carbons (Fsp3) is 0.190. The van der Waals surface area contributed by atoms with Gasteiger partial charge in [-0.05, 0) is 36.4 Å². The fourth-order valence-corrected chi connectivity index (χ4v) is 3.84. The number of rotatable bonds is 6. The van der Waals surface area contributed by atoms with E-state index in [-0.39, 0.29) is 12.5 Å². The van der Waals surface area contributed by atoms with Gasteiger partial charge in [0.1, 0.15) is 18.1 Å². The summed E-state index contributed by atoms with van der Waals surface area (Å²) in [6.07, 6.45) is 0.765. The molecule has 4 rings (SSSR count). The van der Waals surface area contributed by atoms with Gasteiger partial charge in [0.15, 0.2) is 5.13 Å². The number of aromatic nitrogens is 3. The molecular weight excluding hydrogens is 372 g/mol. The number of anilines is 1. The monoisotopic (exact) mass is 392 g/mol. The van der Waals surface area contributed by atoms with Crippen molar-refractivity contribution in [1.82, 2.24) is 14.5 Å². The molecule has 0 atom stereocenters. The van der Waals surface area contributed by atoms with Crippen LogP contribution in [0.5, 0.6) is 5.75 Å². The molecule has 2 aromatic carbocycles. The highest BCUT2D eigenvalue weighted by Gasteiger charge is 2.14. The summed E-state index contributed by atoms with van der Waals surface area (Å²) in [6.45, 7) is 2.25. The van der Waals surface area contributed by atoms with Gasteiger partial charge in [-0.25, -0.2) is 9.97 Å². The maximum Gasteiger partial charge on any atom is 0.246 e. The minimum atomic E-state index is -0.117. The first-order valence-corrected chi connectivity index (χ1v) is 9.90. The minimum Gasteiger partial charge on any atom is -0.497 e. The Morgan fingerprint density at radius 3 is 2.68 bits per heavy atom. The van der Waals surface area contributed by atoms with Crippen molar-refractivity contribution >= 4 is 33.4 Å². The molecule has 7 heteroatoms. The number of ether oxygens (including phenoxy) is 1. The van der Waals surface area contributed by atoms with Gasteiger partial charge in [0.2, 0.25) is 5.91 Å². The number of hydrogen-bond donors (Lipinski definition) is 1. The van der Waals surface area contributed by atoms with E-state index in [1.165, 1.54) is 11.3 Å². The van der Waals surface area contributed by atoms with Gasteiger partial charge in [-0.2, -0.15) is 0 Å². The minimum absolute atomic E-state index is 0.117. The number of carbonyl (C=O) groups is 1. The summed E-state index contributed by atoms with van der Waals surface area (Å²) in [5.74, 6) is 1.58. The van der Waals surface area contributed by atoms with Crippen molar-refractivity contribution in [2.24, 2.45) is 0 Å². The number of benzene rings is 2. The van der Waals surface area contributed by atoms with Gasteiger partial charge in [-0.3, -0.25) is 4.79 Å². The molecule has 0 spiro atoms. The number of thiazole rings is 1. The number of hydrogen-bond acceptors (Lipinski definition) is 5.